The number of nitrogens with zero attached hydrogens (tertiary/aromatic N) is 2. The molecule has 6 nitrogen and oxygen atoms in total. The number of hydrogen-bond donors (Lipinski definition) is 2. The lowest BCUT2D eigenvalue weighted by Crippen LogP contribution is -2.22. The lowest BCUT2D eigenvalue weighted by molar-refractivity contribution is -0.137. The summed E-state index contributed by atoms with van der Waals surface area (Å²) in [6.07, 6.45) is 2.02. The molecule has 1 heterocycles. The Morgan fingerprint density at radius 1 is 0.882 bits per heavy atom. The van der Waals surface area contributed by atoms with Crippen LogP contribution in [0.3, 0.4) is 0 Å². The van der Waals surface area contributed by atoms with Crippen molar-refractivity contribution in [1.82, 2.24) is 15.3 Å². The molecule has 0 radical (unpaired) electrons. The van der Waals surface area contributed by atoms with Gasteiger partial charge in [-0.1, -0.05) is 60.2 Å². The molecule has 172 valence electrons. The zero-order valence-electron chi connectivity index (χ0n) is 19.1. The van der Waals surface area contributed by atoms with Gasteiger partial charge in [0.05, 0.1) is 22.4 Å². The van der Waals surface area contributed by atoms with Crippen molar-refractivity contribution in [3.63, 3.8) is 0 Å². The Bertz CT molecular complexity index is 1300. The summed E-state index contributed by atoms with van der Waals surface area (Å²) in [5, 5.41) is 11.9. The molecule has 0 aliphatic carbocycles. The van der Waals surface area contributed by atoms with E-state index in [0.717, 1.165) is 22.5 Å². The van der Waals surface area contributed by atoms with Crippen LogP contribution in [0, 0.1) is 6.92 Å². The lowest BCUT2D eigenvalue weighted by atomic mass is 10.0. The molecule has 4 rings (SSSR count). The summed E-state index contributed by atoms with van der Waals surface area (Å²) in [6, 6.07) is 23.2. The number of benzene rings is 3. The summed E-state index contributed by atoms with van der Waals surface area (Å²) in [6.45, 7) is 2.48. The summed E-state index contributed by atoms with van der Waals surface area (Å²) < 4.78 is 0. The van der Waals surface area contributed by atoms with E-state index in [1.54, 1.807) is 12.1 Å². The van der Waals surface area contributed by atoms with Crippen molar-refractivity contribution < 1.29 is 14.7 Å². The minimum atomic E-state index is -0.797. The molecule has 0 saturated heterocycles. The largest absolute Gasteiger partial charge is 0.481 e. The molecule has 0 fully saturated rings. The van der Waals surface area contributed by atoms with Crippen molar-refractivity contribution in [2.24, 2.45) is 0 Å². The summed E-state index contributed by atoms with van der Waals surface area (Å²) in [5.74, 6) is -0.964. The number of carboxylic acids is 1. The highest BCUT2D eigenvalue weighted by Crippen LogP contribution is 2.25. The SMILES string of the molecule is Cc1ccc(CNC(=O)c2ccc3nc(-c4ccccc4)c(CCCCC(=O)O)nc3c2)cc1. The smallest absolute Gasteiger partial charge is 0.303 e. The Hall–Kier alpha value is -4.06. The Morgan fingerprint density at radius 3 is 2.38 bits per heavy atom. The number of aryl methyl sites for hydroxylation is 2. The van der Waals surface area contributed by atoms with Gasteiger partial charge in [0.25, 0.3) is 5.91 Å². The van der Waals surface area contributed by atoms with Gasteiger partial charge in [0.15, 0.2) is 0 Å². The predicted molar refractivity (Wildman–Crippen MR) is 133 cm³/mol. The zero-order valence-corrected chi connectivity index (χ0v) is 19.1. The quantitative estimate of drug-likeness (QED) is 0.334. The molecule has 2 N–H and O–H groups in total. The third kappa shape index (κ3) is 5.84. The second-order valence-electron chi connectivity index (χ2n) is 8.36. The molecular weight excluding hydrogens is 426 g/mol. The summed E-state index contributed by atoms with van der Waals surface area (Å²) in [7, 11) is 0. The molecule has 0 unspecified atom stereocenters. The number of hydrogen-bond acceptors (Lipinski definition) is 4. The van der Waals surface area contributed by atoms with E-state index in [-0.39, 0.29) is 12.3 Å². The van der Waals surface area contributed by atoms with Crippen LogP contribution in [0.5, 0.6) is 0 Å². The van der Waals surface area contributed by atoms with Crippen LogP contribution in [-0.2, 0) is 17.8 Å². The monoisotopic (exact) mass is 453 g/mol. The van der Waals surface area contributed by atoms with E-state index >= 15 is 0 Å². The van der Waals surface area contributed by atoms with E-state index < -0.39 is 5.97 Å². The fourth-order valence-electron chi connectivity index (χ4n) is 3.79. The molecule has 0 aliphatic heterocycles. The molecular formula is C28H27N3O3. The van der Waals surface area contributed by atoms with Gasteiger partial charge >= 0.3 is 5.97 Å². The van der Waals surface area contributed by atoms with Crippen molar-refractivity contribution in [2.45, 2.75) is 39.2 Å². The van der Waals surface area contributed by atoms with Gasteiger partial charge in [-0.25, -0.2) is 9.97 Å². The predicted octanol–water partition coefficient (Wildman–Crippen LogP) is 5.33. The minimum absolute atomic E-state index is 0.132. The van der Waals surface area contributed by atoms with E-state index in [4.69, 9.17) is 15.1 Å². The topological polar surface area (TPSA) is 92.2 Å². The Kier molecular flexibility index (Phi) is 7.28. The number of rotatable bonds is 9. The average Bonchev–Trinajstić information content (AvgIpc) is 2.85. The molecule has 0 aliphatic rings. The maximum absolute atomic E-state index is 12.8. The van der Waals surface area contributed by atoms with Gasteiger partial charge in [0.2, 0.25) is 0 Å². The van der Waals surface area contributed by atoms with Gasteiger partial charge < -0.3 is 10.4 Å². The highest BCUT2D eigenvalue weighted by atomic mass is 16.4. The Balaban J connectivity index is 1.58. The number of carbonyl (C=O) groups excluding carboxylic acids is 1. The minimum Gasteiger partial charge on any atom is -0.481 e. The molecule has 34 heavy (non-hydrogen) atoms. The number of fused-ring (bicyclic) bond motifs is 1. The molecule has 6 heteroatoms. The van der Waals surface area contributed by atoms with Crippen LogP contribution < -0.4 is 5.32 Å². The fraction of sp³-hybridized carbons (Fsp3) is 0.214. The van der Waals surface area contributed by atoms with Crippen LogP contribution in [0.4, 0.5) is 0 Å². The Morgan fingerprint density at radius 2 is 1.65 bits per heavy atom. The molecule has 0 spiro atoms. The molecule has 1 aromatic heterocycles. The number of aliphatic carboxylic acids is 1. The van der Waals surface area contributed by atoms with E-state index in [0.29, 0.717) is 42.4 Å². The van der Waals surface area contributed by atoms with E-state index in [2.05, 4.69) is 5.32 Å². The van der Waals surface area contributed by atoms with Crippen molar-refractivity contribution in [2.75, 3.05) is 0 Å². The van der Waals surface area contributed by atoms with E-state index in [9.17, 15) is 9.59 Å². The van der Waals surface area contributed by atoms with Crippen LogP contribution in [0.25, 0.3) is 22.3 Å². The third-order valence-electron chi connectivity index (χ3n) is 5.67. The van der Waals surface area contributed by atoms with Crippen molar-refractivity contribution in [3.05, 3.63) is 95.2 Å². The third-order valence-corrected chi connectivity index (χ3v) is 5.67. The first-order valence-electron chi connectivity index (χ1n) is 11.4. The maximum Gasteiger partial charge on any atom is 0.303 e. The molecule has 1 amide bonds. The molecule has 3 aromatic carbocycles. The normalized spacial score (nSPS) is 10.9. The van der Waals surface area contributed by atoms with Gasteiger partial charge in [-0.3, -0.25) is 9.59 Å². The van der Waals surface area contributed by atoms with Gasteiger partial charge in [0, 0.05) is 24.1 Å². The number of carboxylic acid groups (broad SMARTS) is 1. The first-order valence-corrected chi connectivity index (χ1v) is 11.4. The number of carbonyl (C=O) groups is 2. The highest BCUT2D eigenvalue weighted by molar-refractivity contribution is 5.97. The number of unbranched alkanes of at least 4 members (excludes halogenated alkanes) is 1. The second kappa shape index (κ2) is 10.7. The van der Waals surface area contributed by atoms with Crippen LogP contribution in [-0.4, -0.2) is 27.0 Å². The molecule has 0 atom stereocenters. The highest BCUT2D eigenvalue weighted by Gasteiger charge is 2.14. The van der Waals surface area contributed by atoms with Crippen molar-refractivity contribution >= 4 is 22.9 Å². The lowest BCUT2D eigenvalue weighted by Gasteiger charge is -2.11. The maximum atomic E-state index is 12.8. The first-order chi connectivity index (χ1) is 16.5. The number of nitrogens with one attached hydrogen (secondary N) is 1. The van der Waals surface area contributed by atoms with Crippen molar-refractivity contribution in [1.29, 1.82) is 0 Å². The summed E-state index contributed by atoms with van der Waals surface area (Å²) in [4.78, 5) is 33.3. The van der Waals surface area contributed by atoms with Gasteiger partial charge in [-0.15, -0.1) is 0 Å². The second-order valence-corrected chi connectivity index (χ2v) is 8.36. The van der Waals surface area contributed by atoms with Crippen molar-refractivity contribution in [3.8, 4) is 11.3 Å². The van der Waals surface area contributed by atoms with Crippen LogP contribution >= 0.6 is 0 Å². The summed E-state index contributed by atoms with van der Waals surface area (Å²) in [5.41, 5.74) is 6.66. The molecule has 0 bridgehead atoms. The number of amides is 1. The Labute approximate surface area is 198 Å². The van der Waals surface area contributed by atoms with Gasteiger partial charge in [-0.2, -0.15) is 0 Å². The standard InChI is InChI=1S/C28H27N3O3/c1-19-11-13-20(14-12-19)18-29-28(34)22-15-16-23-25(17-22)30-24(9-5-6-10-26(32)33)27(31-23)21-7-3-2-4-8-21/h2-4,7-8,11-17H,5-6,9-10,18H2,1H3,(H,29,34)(H,32,33). The van der Waals surface area contributed by atoms with Crippen LogP contribution in [0.1, 0.15) is 46.4 Å². The average molecular weight is 454 g/mol. The fourth-order valence-corrected chi connectivity index (χ4v) is 3.79. The zero-order chi connectivity index (χ0) is 23.9. The number of aromatic nitrogens is 2. The molecule has 0 saturated carbocycles. The summed E-state index contributed by atoms with van der Waals surface area (Å²) >= 11 is 0. The van der Waals surface area contributed by atoms with E-state index in [1.165, 1.54) is 5.56 Å². The van der Waals surface area contributed by atoms with E-state index in [1.807, 2.05) is 67.6 Å². The van der Waals surface area contributed by atoms with Crippen LogP contribution in [0.2, 0.25) is 0 Å². The first kappa shape index (κ1) is 23.1. The molecule has 4 aromatic rings. The van der Waals surface area contributed by atoms with Crippen LogP contribution in [0.15, 0.2) is 72.8 Å². The van der Waals surface area contributed by atoms with Gasteiger partial charge in [0.1, 0.15) is 0 Å². The van der Waals surface area contributed by atoms with Gasteiger partial charge in [-0.05, 0) is 49.9 Å².